The Hall–Kier alpha value is -1.69. The van der Waals surface area contributed by atoms with Crippen molar-refractivity contribution in [2.45, 2.75) is 12.6 Å². The maximum atomic E-state index is 12.9. The van der Waals surface area contributed by atoms with Gasteiger partial charge >= 0.3 is 6.18 Å². The summed E-state index contributed by atoms with van der Waals surface area (Å²) in [5.41, 5.74) is 0.221. The lowest BCUT2D eigenvalue weighted by atomic mass is 10.1. The molecule has 20 heavy (non-hydrogen) atoms. The van der Waals surface area contributed by atoms with Crippen molar-refractivity contribution in [1.82, 2.24) is 9.78 Å². The number of hydrogen-bond acceptors (Lipinski definition) is 2. The van der Waals surface area contributed by atoms with Crippen molar-refractivity contribution < 1.29 is 13.2 Å². The Morgan fingerprint density at radius 1 is 1.30 bits per heavy atom. The second-order valence-corrected chi connectivity index (χ2v) is 4.75. The Morgan fingerprint density at radius 3 is 2.65 bits per heavy atom. The van der Waals surface area contributed by atoms with Crippen LogP contribution < -0.4 is 5.32 Å². The fourth-order valence-corrected chi connectivity index (χ4v) is 2.05. The number of benzene rings is 1. The maximum Gasteiger partial charge on any atom is 0.418 e. The summed E-state index contributed by atoms with van der Waals surface area (Å²) in [6.45, 7) is 0.379. The van der Waals surface area contributed by atoms with E-state index >= 15 is 0 Å². The van der Waals surface area contributed by atoms with Gasteiger partial charge in [0.2, 0.25) is 0 Å². The number of alkyl halides is 3. The second-order valence-electron chi connectivity index (χ2n) is 4.31. The van der Waals surface area contributed by atoms with E-state index in [0.29, 0.717) is 13.0 Å². The van der Waals surface area contributed by atoms with Crippen LogP contribution in [-0.4, -0.2) is 16.3 Å². The lowest BCUT2D eigenvalue weighted by Crippen LogP contribution is -2.13. The minimum Gasteiger partial charge on any atom is -0.384 e. The molecule has 0 saturated carbocycles. The van der Waals surface area contributed by atoms with Crippen molar-refractivity contribution in [1.29, 1.82) is 0 Å². The molecule has 7 heteroatoms. The molecule has 108 valence electrons. The molecule has 2 aromatic rings. The Labute approximate surface area is 119 Å². The first-order valence-corrected chi connectivity index (χ1v) is 6.33. The summed E-state index contributed by atoms with van der Waals surface area (Å²) in [7, 11) is 1.79. The highest BCUT2D eigenvalue weighted by molar-refractivity contribution is 6.30. The maximum absolute atomic E-state index is 12.9. The van der Waals surface area contributed by atoms with E-state index in [-0.39, 0.29) is 10.7 Å². The molecule has 0 amide bonds. The van der Waals surface area contributed by atoms with Gasteiger partial charge in [-0.05, 0) is 24.3 Å². The van der Waals surface area contributed by atoms with Crippen LogP contribution in [0.25, 0.3) is 0 Å². The Morgan fingerprint density at radius 2 is 2.05 bits per heavy atom. The zero-order valence-electron chi connectivity index (χ0n) is 10.7. The van der Waals surface area contributed by atoms with Crippen molar-refractivity contribution >= 4 is 17.3 Å². The molecule has 0 atom stereocenters. The Kier molecular flexibility index (Phi) is 4.23. The van der Waals surface area contributed by atoms with Crippen LogP contribution in [0, 0.1) is 0 Å². The molecule has 0 bridgehead atoms. The summed E-state index contributed by atoms with van der Waals surface area (Å²) in [4.78, 5) is 0. The number of rotatable bonds is 4. The lowest BCUT2D eigenvalue weighted by Gasteiger charge is -2.15. The highest BCUT2D eigenvalue weighted by Gasteiger charge is 2.33. The molecule has 0 aliphatic rings. The lowest BCUT2D eigenvalue weighted by molar-refractivity contribution is -0.136. The van der Waals surface area contributed by atoms with Crippen molar-refractivity contribution in [3.63, 3.8) is 0 Å². The van der Waals surface area contributed by atoms with E-state index in [1.807, 2.05) is 6.07 Å². The molecular weight excluding hydrogens is 291 g/mol. The largest absolute Gasteiger partial charge is 0.418 e. The average Bonchev–Trinajstić information content (AvgIpc) is 2.76. The van der Waals surface area contributed by atoms with E-state index in [2.05, 4.69) is 10.4 Å². The van der Waals surface area contributed by atoms with Crippen LogP contribution in [-0.2, 0) is 19.6 Å². The summed E-state index contributed by atoms with van der Waals surface area (Å²) < 4.78 is 40.3. The molecule has 1 N–H and O–H groups in total. The Bertz CT molecular complexity index is 593. The molecule has 0 aliphatic carbocycles. The molecule has 0 unspecified atom stereocenters. The second kappa shape index (κ2) is 5.75. The van der Waals surface area contributed by atoms with E-state index < -0.39 is 11.7 Å². The van der Waals surface area contributed by atoms with Crippen molar-refractivity contribution in [2.75, 3.05) is 11.9 Å². The van der Waals surface area contributed by atoms with Gasteiger partial charge < -0.3 is 5.32 Å². The van der Waals surface area contributed by atoms with E-state index in [4.69, 9.17) is 11.6 Å². The predicted octanol–water partition coefficient (Wildman–Crippen LogP) is 3.75. The molecule has 0 fully saturated rings. The molecule has 0 aliphatic heterocycles. The number of aryl methyl sites for hydroxylation is 1. The molecule has 1 aromatic heterocycles. The van der Waals surface area contributed by atoms with Crippen LogP contribution in [0.1, 0.15) is 11.3 Å². The SMILES string of the molecule is Cn1nccc1CCNc1ccc(Cl)cc1C(F)(F)F. The smallest absolute Gasteiger partial charge is 0.384 e. The summed E-state index contributed by atoms with van der Waals surface area (Å²) in [5.74, 6) is 0. The van der Waals surface area contributed by atoms with Crippen molar-refractivity contribution in [2.24, 2.45) is 7.05 Å². The van der Waals surface area contributed by atoms with Gasteiger partial charge in [0.05, 0.1) is 5.56 Å². The number of nitrogens with zero attached hydrogens (tertiary/aromatic N) is 2. The third-order valence-corrected chi connectivity index (χ3v) is 3.14. The number of halogens is 4. The van der Waals surface area contributed by atoms with Crippen LogP contribution in [0.4, 0.5) is 18.9 Å². The summed E-state index contributed by atoms with van der Waals surface area (Å²) in [5, 5.41) is 6.86. The molecule has 0 saturated heterocycles. The molecule has 3 nitrogen and oxygen atoms in total. The van der Waals surface area contributed by atoms with Gasteiger partial charge in [-0.1, -0.05) is 11.6 Å². The number of nitrogens with one attached hydrogen (secondary N) is 1. The van der Waals surface area contributed by atoms with Crippen LogP contribution >= 0.6 is 11.6 Å². The van der Waals surface area contributed by atoms with E-state index in [1.165, 1.54) is 12.1 Å². The zero-order chi connectivity index (χ0) is 14.8. The molecular formula is C13H13ClF3N3. The van der Waals surface area contributed by atoms with Crippen LogP contribution in [0.3, 0.4) is 0 Å². The first-order chi connectivity index (χ1) is 9.38. The predicted molar refractivity (Wildman–Crippen MR) is 71.9 cm³/mol. The van der Waals surface area contributed by atoms with Gasteiger partial charge in [0.15, 0.2) is 0 Å². The molecule has 1 heterocycles. The van der Waals surface area contributed by atoms with E-state index in [1.54, 1.807) is 17.9 Å². The number of aromatic nitrogens is 2. The van der Waals surface area contributed by atoms with Gasteiger partial charge in [-0.2, -0.15) is 18.3 Å². The Balaban J connectivity index is 2.08. The topological polar surface area (TPSA) is 29.9 Å². The number of hydrogen-bond donors (Lipinski definition) is 1. The fourth-order valence-electron chi connectivity index (χ4n) is 1.88. The molecule has 2 rings (SSSR count). The van der Waals surface area contributed by atoms with Crippen molar-refractivity contribution in [3.8, 4) is 0 Å². The van der Waals surface area contributed by atoms with E-state index in [9.17, 15) is 13.2 Å². The summed E-state index contributed by atoms with van der Waals surface area (Å²) in [6, 6.07) is 5.53. The van der Waals surface area contributed by atoms with Crippen molar-refractivity contribution in [3.05, 3.63) is 46.7 Å². The minimum atomic E-state index is -4.43. The highest BCUT2D eigenvalue weighted by atomic mass is 35.5. The molecule has 1 aromatic carbocycles. The van der Waals surface area contributed by atoms with Gasteiger partial charge in [-0.15, -0.1) is 0 Å². The normalized spacial score (nSPS) is 11.7. The number of anilines is 1. The zero-order valence-corrected chi connectivity index (χ0v) is 11.5. The summed E-state index contributed by atoms with van der Waals surface area (Å²) in [6.07, 6.45) is -2.20. The fraction of sp³-hybridized carbons (Fsp3) is 0.308. The first-order valence-electron chi connectivity index (χ1n) is 5.95. The summed E-state index contributed by atoms with van der Waals surface area (Å²) >= 11 is 5.62. The quantitative estimate of drug-likeness (QED) is 0.932. The van der Waals surface area contributed by atoms with Gasteiger partial charge in [0.1, 0.15) is 0 Å². The molecule has 0 spiro atoms. The van der Waals surface area contributed by atoms with Gasteiger partial charge in [0, 0.05) is 42.6 Å². The van der Waals surface area contributed by atoms with Crippen LogP contribution in [0.15, 0.2) is 30.5 Å². The first kappa shape index (κ1) is 14.7. The van der Waals surface area contributed by atoms with Crippen LogP contribution in [0.5, 0.6) is 0 Å². The van der Waals surface area contributed by atoms with Gasteiger partial charge in [-0.25, -0.2) is 0 Å². The average molecular weight is 304 g/mol. The van der Waals surface area contributed by atoms with Gasteiger partial charge in [-0.3, -0.25) is 4.68 Å². The minimum absolute atomic E-state index is 0.0315. The third kappa shape index (κ3) is 3.45. The van der Waals surface area contributed by atoms with Gasteiger partial charge in [0.25, 0.3) is 0 Å². The van der Waals surface area contributed by atoms with E-state index in [0.717, 1.165) is 11.8 Å². The molecule has 0 radical (unpaired) electrons. The monoisotopic (exact) mass is 303 g/mol. The highest BCUT2D eigenvalue weighted by Crippen LogP contribution is 2.36. The van der Waals surface area contributed by atoms with Crippen LogP contribution in [0.2, 0.25) is 5.02 Å². The third-order valence-electron chi connectivity index (χ3n) is 2.91. The standard InChI is InChI=1S/C13H13ClF3N3/c1-20-10(5-7-19-20)4-6-18-12-3-2-9(14)8-11(12)13(15,16)17/h2-3,5,7-8,18H,4,6H2,1H3.